The fourth-order valence-electron chi connectivity index (χ4n) is 3.95. The van der Waals surface area contributed by atoms with Gasteiger partial charge in [0.25, 0.3) is 0 Å². The van der Waals surface area contributed by atoms with Crippen LogP contribution in [0.2, 0.25) is 0 Å². The molecule has 0 saturated heterocycles. The molecule has 3 rings (SSSR count). The average Bonchev–Trinajstić information content (AvgIpc) is 3.07. The highest BCUT2D eigenvalue weighted by molar-refractivity contribution is 5.69. The number of allylic oxidation sites excluding steroid dienone is 1. The van der Waals surface area contributed by atoms with Crippen LogP contribution in [0.4, 0.5) is 4.39 Å². The minimum atomic E-state index is -1.23. The van der Waals surface area contributed by atoms with Gasteiger partial charge in [0.1, 0.15) is 18.0 Å². The van der Waals surface area contributed by atoms with Gasteiger partial charge in [-0.2, -0.15) is 5.10 Å². The van der Waals surface area contributed by atoms with Crippen LogP contribution in [0.25, 0.3) is 5.57 Å². The van der Waals surface area contributed by atoms with Crippen LogP contribution in [-0.2, 0) is 18.3 Å². The second-order valence-electron chi connectivity index (χ2n) is 8.23. The largest absolute Gasteiger partial charge is 0.489 e. The highest BCUT2D eigenvalue weighted by atomic mass is 19.1. The van der Waals surface area contributed by atoms with Gasteiger partial charge in [0.05, 0.1) is 6.20 Å². The zero-order valence-corrected chi connectivity index (χ0v) is 17.6. The summed E-state index contributed by atoms with van der Waals surface area (Å²) in [5.74, 6) is -0.0467. The maximum atomic E-state index is 14.7. The number of alkyl halides is 1. The number of aliphatic carboxylic acids is 1. The van der Waals surface area contributed by atoms with E-state index in [9.17, 15) is 9.18 Å². The van der Waals surface area contributed by atoms with Gasteiger partial charge in [0.2, 0.25) is 0 Å². The Morgan fingerprint density at radius 2 is 2.10 bits per heavy atom. The first kappa shape index (κ1) is 21.1. The number of halogens is 1. The first-order valence-electron chi connectivity index (χ1n) is 9.99. The molecule has 1 aromatic carbocycles. The molecule has 2 aromatic rings. The molecule has 29 heavy (non-hydrogen) atoms. The molecule has 1 heterocycles. The lowest BCUT2D eigenvalue weighted by atomic mass is 9.81. The van der Waals surface area contributed by atoms with Crippen LogP contribution in [0.5, 0.6) is 5.75 Å². The molecule has 0 amide bonds. The number of carbonyl (C=O) groups is 1. The highest BCUT2D eigenvalue weighted by Crippen LogP contribution is 2.40. The van der Waals surface area contributed by atoms with Gasteiger partial charge >= 0.3 is 5.97 Å². The van der Waals surface area contributed by atoms with Gasteiger partial charge in [-0.1, -0.05) is 6.07 Å². The van der Waals surface area contributed by atoms with Gasteiger partial charge in [-0.05, 0) is 73.9 Å². The van der Waals surface area contributed by atoms with E-state index in [1.807, 2.05) is 45.4 Å². The quantitative estimate of drug-likeness (QED) is 0.725. The van der Waals surface area contributed by atoms with E-state index in [0.29, 0.717) is 32.3 Å². The molecule has 1 N–H and O–H groups in total. The molecule has 0 spiro atoms. The van der Waals surface area contributed by atoms with E-state index in [1.165, 1.54) is 0 Å². The van der Waals surface area contributed by atoms with Gasteiger partial charge in [-0.15, -0.1) is 0 Å². The lowest BCUT2D eigenvalue weighted by Gasteiger charge is -2.30. The maximum Gasteiger partial charge on any atom is 0.303 e. The molecule has 1 unspecified atom stereocenters. The third-order valence-corrected chi connectivity index (χ3v) is 5.82. The average molecular weight is 400 g/mol. The lowest BCUT2D eigenvalue weighted by Crippen LogP contribution is -2.25. The molecule has 1 aliphatic rings. The number of ether oxygens (including phenoxy) is 1. The summed E-state index contributed by atoms with van der Waals surface area (Å²) in [5, 5.41) is 13.2. The van der Waals surface area contributed by atoms with Crippen molar-refractivity contribution in [3.05, 3.63) is 52.4 Å². The monoisotopic (exact) mass is 400 g/mol. The summed E-state index contributed by atoms with van der Waals surface area (Å²) >= 11 is 0. The number of hydrogen-bond donors (Lipinski definition) is 1. The molecule has 6 heteroatoms. The van der Waals surface area contributed by atoms with Crippen molar-refractivity contribution in [2.75, 3.05) is 6.61 Å². The summed E-state index contributed by atoms with van der Waals surface area (Å²) in [4.78, 5) is 10.8. The standard InChI is InChI=1S/C23H29FN2O3/c1-15-16(2)21(7-5-17(15)6-8-22(27)28)29-14-18-11-23(3,24)10-9-20(18)19-12-25-26(4)13-19/h5,7,12-13H,6,8-11,14H2,1-4H3,(H,27,28). The van der Waals surface area contributed by atoms with Gasteiger partial charge in [0, 0.05) is 31.6 Å². The topological polar surface area (TPSA) is 64.3 Å². The van der Waals surface area contributed by atoms with Crippen LogP contribution < -0.4 is 4.74 Å². The zero-order chi connectivity index (χ0) is 21.2. The summed E-state index contributed by atoms with van der Waals surface area (Å²) in [6, 6.07) is 3.82. The number of carboxylic acid groups (broad SMARTS) is 1. The molecule has 0 radical (unpaired) electrons. The Kier molecular flexibility index (Phi) is 6.10. The summed E-state index contributed by atoms with van der Waals surface area (Å²) in [7, 11) is 1.88. The summed E-state index contributed by atoms with van der Waals surface area (Å²) < 4.78 is 22.6. The maximum absolute atomic E-state index is 14.7. The number of nitrogens with zero attached hydrogens (tertiary/aromatic N) is 2. The normalized spacial score (nSPS) is 19.5. The van der Waals surface area contributed by atoms with Crippen LogP contribution >= 0.6 is 0 Å². The minimum Gasteiger partial charge on any atom is -0.489 e. The number of rotatable bonds is 7. The van der Waals surface area contributed by atoms with Gasteiger partial charge in [-0.3, -0.25) is 9.48 Å². The van der Waals surface area contributed by atoms with Crippen LogP contribution in [0.3, 0.4) is 0 Å². The van der Waals surface area contributed by atoms with E-state index in [0.717, 1.165) is 39.1 Å². The van der Waals surface area contributed by atoms with Crippen molar-refractivity contribution in [2.24, 2.45) is 7.05 Å². The lowest BCUT2D eigenvalue weighted by molar-refractivity contribution is -0.136. The van der Waals surface area contributed by atoms with Gasteiger partial charge in [0.15, 0.2) is 0 Å². The summed E-state index contributed by atoms with van der Waals surface area (Å²) in [6.45, 7) is 5.95. The minimum absolute atomic E-state index is 0.108. The van der Waals surface area contributed by atoms with Crippen molar-refractivity contribution in [1.29, 1.82) is 0 Å². The fraction of sp³-hybridized carbons (Fsp3) is 0.478. The Labute approximate surface area is 171 Å². The third kappa shape index (κ3) is 5.05. The predicted molar refractivity (Wildman–Crippen MR) is 111 cm³/mol. The van der Waals surface area contributed by atoms with Crippen molar-refractivity contribution in [2.45, 2.75) is 58.5 Å². The predicted octanol–water partition coefficient (Wildman–Crippen LogP) is 4.80. The molecule has 0 bridgehead atoms. The Balaban J connectivity index is 1.81. The number of aromatic nitrogens is 2. The van der Waals surface area contributed by atoms with Crippen LogP contribution in [0, 0.1) is 13.8 Å². The SMILES string of the molecule is Cc1c(CCC(=O)O)ccc(OCC2=C(c3cnn(C)c3)CCC(C)(F)C2)c1C. The van der Waals surface area contributed by atoms with Gasteiger partial charge < -0.3 is 9.84 Å². The van der Waals surface area contributed by atoms with Crippen molar-refractivity contribution in [1.82, 2.24) is 9.78 Å². The van der Waals surface area contributed by atoms with E-state index < -0.39 is 11.6 Å². The molecule has 0 saturated carbocycles. The van der Waals surface area contributed by atoms with E-state index in [4.69, 9.17) is 9.84 Å². The molecule has 156 valence electrons. The molecule has 1 aromatic heterocycles. The summed E-state index contributed by atoms with van der Waals surface area (Å²) in [5.41, 5.74) is 4.96. The van der Waals surface area contributed by atoms with Crippen LogP contribution in [-0.4, -0.2) is 33.1 Å². The van der Waals surface area contributed by atoms with E-state index >= 15 is 0 Å². The van der Waals surface area contributed by atoms with Crippen LogP contribution in [0.15, 0.2) is 30.1 Å². The molecule has 0 fully saturated rings. The molecule has 1 atom stereocenters. The van der Waals surface area contributed by atoms with E-state index in [1.54, 1.807) is 11.6 Å². The van der Waals surface area contributed by atoms with Crippen molar-refractivity contribution in [3.8, 4) is 5.75 Å². The first-order chi connectivity index (χ1) is 13.7. The summed E-state index contributed by atoms with van der Waals surface area (Å²) in [6.07, 6.45) is 5.91. The van der Waals surface area contributed by atoms with Crippen molar-refractivity contribution in [3.63, 3.8) is 0 Å². The Morgan fingerprint density at radius 1 is 1.34 bits per heavy atom. The number of carboxylic acids is 1. The third-order valence-electron chi connectivity index (χ3n) is 5.82. The second kappa shape index (κ2) is 8.39. The number of benzene rings is 1. The molecular formula is C23H29FN2O3. The Bertz CT molecular complexity index is 944. The second-order valence-corrected chi connectivity index (χ2v) is 8.23. The Hall–Kier alpha value is -2.63. The first-order valence-corrected chi connectivity index (χ1v) is 9.99. The molecule has 1 aliphatic carbocycles. The fourth-order valence-corrected chi connectivity index (χ4v) is 3.95. The number of hydrogen-bond acceptors (Lipinski definition) is 3. The van der Waals surface area contributed by atoms with E-state index in [2.05, 4.69) is 5.10 Å². The molecule has 0 aliphatic heterocycles. The van der Waals surface area contributed by atoms with E-state index in [-0.39, 0.29) is 6.42 Å². The highest BCUT2D eigenvalue weighted by Gasteiger charge is 2.32. The Morgan fingerprint density at radius 3 is 2.76 bits per heavy atom. The molecular weight excluding hydrogens is 371 g/mol. The zero-order valence-electron chi connectivity index (χ0n) is 17.6. The van der Waals surface area contributed by atoms with Crippen LogP contribution in [0.1, 0.15) is 54.9 Å². The smallest absolute Gasteiger partial charge is 0.303 e. The van der Waals surface area contributed by atoms with Crippen molar-refractivity contribution < 1.29 is 19.0 Å². The van der Waals surface area contributed by atoms with Crippen molar-refractivity contribution >= 4 is 11.5 Å². The van der Waals surface area contributed by atoms with Gasteiger partial charge in [-0.25, -0.2) is 4.39 Å². The molecule has 5 nitrogen and oxygen atoms in total. The number of aryl methyl sites for hydroxylation is 2.